The Labute approximate surface area is 177 Å². The van der Waals surface area contributed by atoms with Crippen LogP contribution in [0.5, 0.6) is 5.75 Å². The van der Waals surface area contributed by atoms with Gasteiger partial charge in [0, 0.05) is 18.6 Å². The van der Waals surface area contributed by atoms with E-state index in [0.717, 1.165) is 37.9 Å². The number of hydrogen-bond acceptors (Lipinski definition) is 3. The third-order valence-electron chi connectivity index (χ3n) is 6.34. The summed E-state index contributed by atoms with van der Waals surface area (Å²) in [5, 5.41) is 11.4. The van der Waals surface area contributed by atoms with Crippen LogP contribution in [0.4, 0.5) is 22.0 Å². The summed E-state index contributed by atoms with van der Waals surface area (Å²) in [5.74, 6) is -0.601. The van der Waals surface area contributed by atoms with Gasteiger partial charge in [0.2, 0.25) is 0 Å². The van der Waals surface area contributed by atoms with Crippen molar-refractivity contribution in [3.05, 3.63) is 65.7 Å². The predicted molar refractivity (Wildman–Crippen MR) is 105 cm³/mol. The number of nitrogens with zero attached hydrogens (tertiary/aromatic N) is 1. The number of benzene rings is 2. The molecule has 1 N–H and O–H groups in total. The first-order valence-corrected chi connectivity index (χ1v) is 10.3. The molecule has 2 fully saturated rings. The minimum atomic E-state index is -5.80. The molecule has 2 saturated heterocycles. The van der Waals surface area contributed by atoms with E-state index < -0.39 is 23.6 Å². The standard InChI is InChI=1S/C23H24F5NO2/c24-22(25,26)23(27,28)31-20-11-9-17(10-12-20)21(30)13-18-7-4-8-19(14-21)29(18)15-16-5-2-1-3-6-16/h1-3,5-6,9-12,18-19,30H,4,7-8,13-15H2. The lowest BCUT2D eigenvalue weighted by atomic mass is 9.72. The fourth-order valence-electron chi connectivity index (χ4n) is 4.85. The maximum Gasteiger partial charge on any atom is 0.499 e. The molecule has 0 spiro atoms. The summed E-state index contributed by atoms with van der Waals surface area (Å²) < 4.78 is 67.2. The van der Waals surface area contributed by atoms with Crippen molar-refractivity contribution in [1.82, 2.24) is 4.90 Å². The smallest absolute Gasteiger partial charge is 0.426 e. The largest absolute Gasteiger partial charge is 0.499 e. The summed E-state index contributed by atoms with van der Waals surface area (Å²) in [6.45, 7) is 0.797. The van der Waals surface area contributed by atoms with Crippen molar-refractivity contribution in [1.29, 1.82) is 0 Å². The Balaban J connectivity index is 1.49. The molecule has 0 aromatic heterocycles. The molecule has 2 heterocycles. The van der Waals surface area contributed by atoms with E-state index in [0.29, 0.717) is 18.4 Å². The monoisotopic (exact) mass is 441 g/mol. The van der Waals surface area contributed by atoms with Gasteiger partial charge in [0.15, 0.2) is 0 Å². The van der Waals surface area contributed by atoms with E-state index in [1.54, 1.807) is 0 Å². The van der Waals surface area contributed by atoms with Crippen molar-refractivity contribution in [2.45, 2.75) is 68.6 Å². The van der Waals surface area contributed by atoms with Crippen LogP contribution in [0.3, 0.4) is 0 Å². The number of piperidine rings is 2. The molecule has 2 aromatic rings. The van der Waals surface area contributed by atoms with E-state index in [9.17, 15) is 27.1 Å². The third-order valence-corrected chi connectivity index (χ3v) is 6.34. The van der Waals surface area contributed by atoms with Crippen LogP contribution in [0.25, 0.3) is 0 Å². The van der Waals surface area contributed by atoms with Crippen LogP contribution in [0, 0.1) is 0 Å². The van der Waals surface area contributed by atoms with Gasteiger partial charge in [-0.15, -0.1) is 0 Å². The Morgan fingerprint density at radius 1 is 0.903 bits per heavy atom. The summed E-state index contributed by atoms with van der Waals surface area (Å²) >= 11 is 0. The van der Waals surface area contributed by atoms with Crippen molar-refractivity contribution in [2.24, 2.45) is 0 Å². The Morgan fingerprint density at radius 2 is 1.48 bits per heavy atom. The van der Waals surface area contributed by atoms with Crippen molar-refractivity contribution < 1.29 is 31.8 Å². The molecule has 168 valence electrons. The lowest BCUT2D eigenvalue weighted by Gasteiger charge is -2.52. The zero-order chi connectivity index (χ0) is 22.3. The highest BCUT2D eigenvalue weighted by molar-refractivity contribution is 5.32. The van der Waals surface area contributed by atoms with Gasteiger partial charge in [0.1, 0.15) is 5.75 Å². The minimum absolute atomic E-state index is 0.170. The van der Waals surface area contributed by atoms with Gasteiger partial charge in [-0.2, -0.15) is 22.0 Å². The number of alkyl halides is 5. The third kappa shape index (κ3) is 4.55. The van der Waals surface area contributed by atoms with E-state index in [2.05, 4.69) is 21.8 Å². The van der Waals surface area contributed by atoms with Crippen LogP contribution < -0.4 is 4.74 Å². The number of ether oxygens (including phenoxy) is 1. The number of halogens is 5. The first-order valence-electron chi connectivity index (χ1n) is 10.3. The fraction of sp³-hybridized carbons (Fsp3) is 0.478. The van der Waals surface area contributed by atoms with Gasteiger partial charge in [0.05, 0.1) is 5.60 Å². The van der Waals surface area contributed by atoms with Gasteiger partial charge in [-0.1, -0.05) is 48.9 Å². The molecular formula is C23H24F5NO2. The Morgan fingerprint density at radius 3 is 2.03 bits per heavy atom. The topological polar surface area (TPSA) is 32.7 Å². The average molecular weight is 441 g/mol. The summed E-state index contributed by atoms with van der Waals surface area (Å²) in [6, 6.07) is 15.3. The van der Waals surface area contributed by atoms with E-state index in [1.807, 2.05) is 18.2 Å². The summed E-state index contributed by atoms with van der Waals surface area (Å²) in [6.07, 6.45) is -7.13. The van der Waals surface area contributed by atoms with Crippen molar-refractivity contribution in [2.75, 3.05) is 0 Å². The highest BCUT2D eigenvalue weighted by Gasteiger charge is 2.61. The molecular weight excluding hydrogens is 417 g/mol. The predicted octanol–water partition coefficient (Wildman–Crippen LogP) is 5.63. The first-order chi connectivity index (χ1) is 14.6. The minimum Gasteiger partial charge on any atom is -0.426 e. The second-order valence-corrected chi connectivity index (χ2v) is 8.48. The molecule has 31 heavy (non-hydrogen) atoms. The van der Waals surface area contributed by atoms with Gasteiger partial charge in [-0.3, -0.25) is 4.90 Å². The van der Waals surface area contributed by atoms with Crippen LogP contribution in [-0.2, 0) is 12.1 Å². The molecule has 2 aliphatic heterocycles. The van der Waals surface area contributed by atoms with Gasteiger partial charge in [0.25, 0.3) is 0 Å². The normalized spacial score (nSPS) is 27.2. The Bertz CT molecular complexity index is 871. The maximum atomic E-state index is 13.1. The molecule has 0 aliphatic carbocycles. The van der Waals surface area contributed by atoms with Gasteiger partial charge < -0.3 is 9.84 Å². The summed E-state index contributed by atoms with van der Waals surface area (Å²) in [4.78, 5) is 2.43. The summed E-state index contributed by atoms with van der Waals surface area (Å²) in [7, 11) is 0. The molecule has 8 heteroatoms. The van der Waals surface area contributed by atoms with E-state index in [1.165, 1.54) is 17.7 Å². The fourth-order valence-corrected chi connectivity index (χ4v) is 4.85. The van der Waals surface area contributed by atoms with Crippen LogP contribution >= 0.6 is 0 Å². The molecule has 0 saturated carbocycles. The SMILES string of the molecule is OC1(c2ccc(OC(F)(F)C(F)(F)F)cc2)CC2CCCC(C1)N2Cc1ccccc1. The zero-order valence-electron chi connectivity index (χ0n) is 16.8. The lowest BCUT2D eigenvalue weighted by molar-refractivity contribution is -0.360. The van der Waals surface area contributed by atoms with E-state index in [4.69, 9.17) is 0 Å². The maximum absolute atomic E-state index is 13.1. The van der Waals surface area contributed by atoms with Gasteiger partial charge in [-0.25, -0.2) is 0 Å². The van der Waals surface area contributed by atoms with Crippen LogP contribution in [0.2, 0.25) is 0 Å². The van der Waals surface area contributed by atoms with Gasteiger partial charge >= 0.3 is 12.3 Å². The summed E-state index contributed by atoms with van der Waals surface area (Å²) in [5.41, 5.74) is 0.553. The van der Waals surface area contributed by atoms with Crippen LogP contribution in [0.1, 0.15) is 43.2 Å². The molecule has 2 aliphatic rings. The zero-order valence-corrected chi connectivity index (χ0v) is 16.8. The molecule has 2 unspecified atom stereocenters. The number of hydrogen-bond donors (Lipinski definition) is 1. The molecule has 2 atom stereocenters. The molecule has 2 aromatic carbocycles. The second kappa shape index (κ2) is 8.06. The second-order valence-electron chi connectivity index (χ2n) is 8.48. The average Bonchev–Trinajstić information content (AvgIpc) is 2.69. The Hall–Kier alpha value is -2.19. The molecule has 4 rings (SSSR count). The first kappa shape index (κ1) is 22.0. The highest BCUT2D eigenvalue weighted by Crippen LogP contribution is 2.45. The van der Waals surface area contributed by atoms with E-state index >= 15 is 0 Å². The van der Waals surface area contributed by atoms with Crippen LogP contribution in [0.15, 0.2) is 54.6 Å². The molecule has 0 amide bonds. The van der Waals surface area contributed by atoms with Crippen molar-refractivity contribution in [3.63, 3.8) is 0 Å². The lowest BCUT2D eigenvalue weighted by Crippen LogP contribution is -2.56. The van der Waals surface area contributed by atoms with Crippen molar-refractivity contribution in [3.8, 4) is 5.75 Å². The molecule has 0 radical (unpaired) electrons. The van der Waals surface area contributed by atoms with E-state index in [-0.39, 0.29) is 12.1 Å². The molecule has 2 bridgehead atoms. The van der Waals surface area contributed by atoms with Gasteiger partial charge in [-0.05, 0) is 48.9 Å². The van der Waals surface area contributed by atoms with Crippen molar-refractivity contribution >= 4 is 0 Å². The molecule has 3 nitrogen and oxygen atoms in total. The van der Waals surface area contributed by atoms with Crippen LogP contribution in [-0.4, -0.2) is 34.4 Å². The Kier molecular flexibility index (Phi) is 5.72. The number of aliphatic hydroxyl groups is 1. The number of fused-ring (bicyclic) bond motifs is 2. The highest BCUT2D eigenvalue weighted by atomic mass is 19.4. The number of rotatable bonds is 5. The quantitative estimate of drug-likeness (QED) is 0.611.